The Morgan fingerprint density at radius 3 is 1.94 bits per heavy atom. The molecule has 154 valence electrons. The minimum atomic E-state index is -4.52. The van der Waals surface area contributed by atoms with Crippen molar-refractivity contribution in [2.75, 3.05) is 0 Å². The smallest absolute Gasteiger partial charge is 1.00 e. The van der Waals surface area contributed by atoms with E-state index in [9.17, 15) is 23.2 Å². The maximum Gasteiger partial charge on any atom is 1.00 e. The van der Waals surface area contributed by atoms with Crippen molar-refractivity contribution in [2.24, 2.45) is 10.2 Å². The van der Waals surface area contributed by atoms with Crippen LogP contribution < -0.4 is 167 Å². The van der Waals surface area contributed by atoms with Gasteiger partial charge in [-0.25, -0.2) is 0 Å². The van der Waals surface area contributed by atoms with Gasteiger partial charge < -0.3 is 39.9 Å². The molecule has 0 bridgehead atoms. The van der Waals surface area contributed by atoms with Gasteiger partial charge in [0.2, 0.25) is 0 Å². The molecule has 3 aromatic rings. The van der Waals surface area contributed by atoms with E-state index in [1.165, 1.54) is 12.1 Å². The molecular formula is C18H15ClK3N3O6S. The zero-order valence-electron chi connectivity index (χ0n) is 17.9. The predicted octanol–water partition coefficient (Wildman–Crippen LogP) is -7.84. The molecular weight excluding hydrogens is 539 g/mol. The quantitative estimate of drug-likeness (QED) is 0.125. The van der Waals surface area contributed by atoms with Crippen LogP contribution in [0.4, 0.5) is 11.4 Å². The number of benzene rings is 3. The van der Waals surface area contributed by atoms with Crippen LogP contribution in [-0.4, -0.2) is 28.7 Å². The van der Waals surface area contributed by atoms with E-state index in [0.717, 1.165) is 11.6 Å². The maximum absolute atomic E-state index is 11.5. The molecule has 0 aromatic heterocycles. The van der Waals surface area contributed by atoms with Crippen molar-refractivity contribution < 1.29 is 195 Å². The van der Waals surface area contributed by atoms with E-state index in [1.807, 2.05) is 6.92 Å². The molecule has 0 fully saturated rings. The molecule has 0 heterocycles. The molecule has 4 N–H and O–H groups in total. The van der Waals surface area contributed by atoms with Crippen molar-refractivity contribution in [1.29, 1.82) is 5.26 Å². The van der Waals surface area contributed by atoms with E-state index < -0.39 is 20.8 Å². The van der Waals surface area contributed by atoms with Gasteiger partial charge >= 0.3 is 154 Å². The van der Waals surface area contributed by atoms with Crippen LogP contribution in [0.2, 0.25) is 0 Å². The van der Waals surface area contributed by atoms with Gasteiger partial charge in [0.15, 0.2) is 0 Å². The largest absolute Gasteiger partial charge is 1.00 e. The Bertz CT molecular complexity index is 1180. The summed E-state index contributed by atoms with van der Waals surface area (Å²) in [7, 11) is -4.52. The molecule has 9 nitrogen and oxygen atoms in total. The number of phenols is 2. The summed E-state index contributed by atoms with van der Waals surface area (Å²) in [5, 5.41) is 34.6. The number of aromatic hydroxyl groups is 2. The summed E-state index contributed by atoms with van der Waals surface area (Å²) >= 11 is 0. The van der Waals surface area contributed by atoms with Crippen LogP contribution in [0.3, 0.4) is 0 Å². The van der Waals surface area contributed by atoms with Crippen LogP contribution in [0.5, 0.6) is 11.5 Å². The van der Waals surface area contributed by atoms with Gasteiger partial charge in [-0.3, -0.25) is 4.55 Å². The summed E-state index contributed by atoms with van der Waals surface area (Å²) in [6, 6.07) is 12.0. The second-order valence-electron chi connectivity index (χ2n) is 5.46. The summed E-state index contributed by atoms with van der Waals surface area (Å²) in [6.45, 7) is 6.58. The molecule has 3 aromatic carbocycles. The minimum absolute atomic E-state index is 0. The Balaban J connectivity index is -0.000000545. The van der Waals surface area contributed by atoms with Crippen molar-refractivity contribution in [2.45, 2.75) is 11.8 Å². The Labute approximate surface area is 319 Å². The SMILES string of the molecule is Cc1ccc(O)c(/N=N/c2c(O)cc(S(=O)(=O)O)c3ccccc23)c1.[C-]#N.[Cl-].[K+].[K+].[K+].[OH-]. The van der Waals surface area contributed by atoms with Crippen molar-refractivity contribution in [3.05, 3.63) is 60.7 Å². The molecule has 0 amide bonds. The van der Waals surface area contributed by atoms with E-state index in [2.05, 4.69) is 10.2 Å². The second kappa shape index (κ2) is 18.9. The zero-order valence-corrected chi connectivity index (χ0v) is 28.8. The fourth-order valence-electron chi connectivity index (χ4n) is 2.45. The van der Waals surface area contributed by atoms with Crippen LogP contribution in [-0.2, 0) is 10.1 Å². The topological polar surface area (TPSA) is 173 Å². The van der Waals surface area contributed by atoms with E-state index in [0.29, 0.717) is 5.39 Å². The van der Waals surface area contributed by atoms with Gasteiger partial charge in [-0.15, -0.1) is 10.2 Å². The molecule has 0 atom stereocenters. The number of phenolic OH excluding ortho intramolecular Hbond substituents is 2. The summed E-state index contributed by atoms with van der Waals surface area (Å²) in [4.78, 5) is -0.419. The van der Waals surface area contributed by atoms with E-state index in [1.54, 1.807) is 30.3 Å². The van der Waals surface area contributed by atoms with E-state index >= 15 is 0 Å². The van der Waals surface area contributed by atoms with E-state index in [4.69, 9.17) is 11.8 Å². The fraction of sp³-hybridized carbons (Fsp3) is 0.0556. The average Bonchev–Trinajstić information content (AvgIpc) is 2.64. The first kappa shape index (κ1) is 40.8. The molecule has 0 aliphatic heterocycles. The fourth-order valence-corrected chi connectivity index (χ4v) is 3.17. The molecule has 0 radical (unpaired) electrons. The molecule has 0 saturated heterocycles. The van der Waals surface area contributed by atoms with Crippen molar-refractivity contribution in [3.63, 3.8) is 0 Å². The van der Waals surface area contributed by atoms with Gasteiger partial charge in [0.1, 0.15) is 27.8 Å². The predicted molar refractivity (Wildman–Crippen MR) is 99.4 cm³/mol. The third-order valence-corrected chi connectivity index (χ3v) is 4.52. The number of rotatable bonds is 3. The van der Waals surface area contributed by atoms with Gasteiger partial charge in [0.05, 0.1) is 0 Å². The number of hydrogen-bond acceptors (Lipinski definition) is 8. The van der Waals surface area contributed by atoms with Gasteiger partial charge in [-0.1, -0.05) is 30.3 Å². The third-order valence-electron chi connectivity index (χ3n) is 3.62. The summed E-state index contributed by atoms with van der Waals surface area (Å²) in [6.07, 6.45) is 0. The van der Waals surface area contributed by atoms with Gasteiger partial charge in [0.25, 0.3) is 10.1 Å². The Morgan fingerprint density at radius 2 is 1.41 bits per heavy atom. The summed E-state index contributed by atoms with van der Waals surface area (Å²) in [5.41, 5.74) is 1.11. The standard InChI is InChI=1S/C17H14N2O5S.CN.ClH.3K.H2O/c1-10-6-7-14(20)13(8-10)18-19-17-12-5-3-2-4-11(12)16(9-15(17)21)25(22,23)24;1-2;;;;;/h2-9,20-21H,1H3,(H,22,23,24);;1H;;;;1H2/q;-1;;3*+1;/p-2/b19-18+;;;;;;. The maximum atomic E-state index is 11.5. The molecule has 0 unspecified atom stereocenters. The Kier molecular flexibility index (Phi) is 24.1. The van der Waals surface area contributed by atoms with Gasteiger partial charge in [0, 0.05) is 16.8 Å². The number of halogens is 1. The molecule has 0 spiro atoms. The Hall–Kier alpha value is 1.68. The van der Waals surface area contributed by atoms with Crippen molar-refractivity contribution in [1.82, 2.24) is 0 Å². The number of fused-ring (bicyclic) bond motifs is 1. The number of azo groups is 1. The van der Waals surface area contributed by atoms with Crippen LogP contribution >= 0.6 is 0 Å². The summed E-state index contributed by atoms with van der Waals surface area (Å²) < 4.78 is 32.4. The first-order chi connectivity index (χ1) is 12.8. The van der Waals surface area contributed by atoms with Gasteiger partial charge in [-0.05, 0) is 24.6 Å². The van der Waals surface area contributed by atoms with Crippen LogP contribution in [0.25, 0.3) is 10.8 Å². The second-order valence-corrected chi connectivity index (χ2v) is 6.85. The Morgan fingerprint density at radius 1 is 0.875 bits per heavy atom. The van der Waals surface area contributed by atoms with Crippen molar-refractivity contribution in [3.8, 4) is 11.5 Å². The molecule has 0 aliphatic carbocycles. The molecule has 0 saturated carbocycles. The number of hydrogen-bond donors (Lipinski definition) is 3. The summed E-state index contributed by atoms with van der Waals surface area (Å²) in [5.74, 6) is -0.532. The third kappa shape index (κ3) is 10.7. The van der Waals surface area contributed by atoms with Crippen LogP contribution in [0.1, 0.15) is 5.56 Å². The molecule has 3 rings (SSSR count). The molecule has 32 heavy (non-hydrogen) atoms. The number of aryl methyl sites for hydroxylation is 1. The normalized spacial score (nSPS) is 9.50. The van der Waals surface area contributed by atoms with Crippen LogP contribution in [0.15, 0.2) is 63.7 Å². The van der Waals surface area contributed by atoms with Gasteiger partial charge in [-0.2, -0.15) is 8.42 Å². The first-order valence-corrected chi connectivity index (χ1v) is 8.87. The average molecular weight is 554 g/mol. The van der Waals surface area contributed by atoms with E-state index in [-0.39, 0.29) is 195 Å². The number of nitrogens with zero attached hydrogens (tertiary/aromatic N) is 3. The van der Waals surface area contributed by atoms with Crippen LogP contribution in [0, 0.1) is 18.8 Å². The van der Waals surface area contributed by atoms with Crippen molar-refractivity contribution >= 4 is 32.3 Å². The monoisotopic (exact) mass is 553 g/mol. The minimum Gasteiger partial charge on any atom is -1.00 e. The zero-order chi connectivity index (χ0) is 20.2. The first-order valence-electron chi connectivity index (χ1n) is 7.43. The molecule has 0 aliphatic rings. The molecule has 14 heteroatoms.